The predicted molar refractivity (Wildman–Crippen MR) is 126 cm³/mol. The highest BCUT2D eigenvalue weighted by Gasteiger charge is 2.60. The van der Waals surface area contributed by atoms with E-state index in [1.807, 2.05) is 0 Å². The average Bonchev–Trinajstić information content (AvgIpc) is 3.34. The van der Waals surface area contributed by atoms with Gasteiger partial charge in [0.25, 0.3) is 23.5 Å². The number of nitrogens with one attached hydrogen (secondary N) is 3. The van der Waals surface area contributed by atoms with Crippen LogP contribution < -0.4 is 16.4 Å². The maximum absolute atomic E-state index is 13.7. The van der Waals surface area contributed by atoms with Crippen molar-refractivity contribution in [2.75, 3.05) is 5.32 Å². The van der Waals surface area contributed by atoms with Crippen LogP contribution in [0.4, 0.5) is 14.5 Å². The van der Waals surface area contributed by atoms with Gasteiger partial charge in [-0.15, -0.1) is 0 Å². The summed E-state index contributed by atoms with van der Waals surface area (Å²) in [4.78, 5) is 39.1. The number of benzene rings is 1. The standard InChI is InChI=1S/C24H24F2N6O4/c1-12-18(20(33)22(35)30-23(17(9-27)31-28)10-24(25,26)11-23)13(2)32(3)19(12)21(34)29-15-4-5-16-14(8-15)6-7-36-16/h4-9,28H,10-11,27H2,1-3H3,(H,29,34)(H,30,35)/b17-9-,31-28?. The van der Waals surface area contributed by atoms with Crippen LogP contribution in [-0.4, -0.2) is 33.6 Å². The van der Waals surface area contributed by atoms with Crippen LogP contribution in [0, 0.1) is 19.4 Å². The number of furan rings is 1. The fourth-order valence-corrected chi connectivity index (χ4v) is 4.72. The number of halogens is 2. The molecule has 2 aromatic heterocycles. The number of hydrogen-bond acceptors (Lipinski definition) is 7. The first-order valence-electron chi connectivity index (χ1n) is 10.9. The van der Waals surface area contributed by atoms with Gasteiger partial charge in [-0.1, -0.05) is 0 Å². The molecular weight excluding hydrogens is 474 g/mol. The van der Waals surface area contributed by atoms with Crippen molar-refractivity contribution in [2.24, 2.45) is 17.9 Å². The van der Waals surface area contributed by atoms with Gasteiger partial charge >= 0.3 is 0 Å². The van der Waals surface area contributed by atoms with Crippen LogP contribution in [0.15, 0.2) is 52.0 Å². The molecule has 12 heteroatoms. The molecule has 2 heterocycles. The molecule has 1 aliphatic rings. The van der Waals surface area contributed by atoms with E-state index in [0.29, 0.717) is 17.0 Å². The molecule has 4 rings (SSSR count). The highest BCUT2D eigenvalue weighted by atomic mass is 19.3. The van der Waals surface area contributed by atoms with Crippen molar-refractivity contribution in [1.82, 2.24) is 9.88 Å². The van der Waals surface area contributed by atoms with Crippen LogP contribution in [0.1, 0.15) is 44.9 Å². The summed E-state index contributed by atoms with van der Waals surface area (Å²) in [5.74, 6) is -5.77. The van der Waals surface area contributed by atoms with Crippen LogP contribution in [-0.2, 0) is 11.8 Å². The second kappa shape index (κ2) is 8.70. The Kier molecular flexibility index (Phi) is 5.99. The topological polar surface area (TPSA) is 156 Å². The van der Waals surface area contributed by atoms with E-state index >= 15 is 0 Å². The number of alkyl halides is 2. The second-order valence-corrected chi connectivity index (χ2v) is 8.86. The molecule has 0 aliphatic heterocycles. The van der Waals surface area contributed by atoms with Gasteiger partial charge in [0, 0.05) is 42.9 Å². The van der Waals surface area contributed by atoms with Gasteiger partial charge in [-0.25, -0.2) is 14.3 Å². The first kappa shape index (κ1) is 24.8. The summed E-state index contributed by atoms with van der Waals surface area (Å²) in [6.07, 6.45) is 0.705. The lowest BCUT2D eigenvalue weighted by atomic mass is 9.71. The SMILES string of the molecule is Cc1c(C(=O)C(=O)NC2(/C(=C/N)N=N)CC(F)(F)C2)c(C)n(C)c1C(=O)Nc1ccc2occc2c1. The largest absolute Gasteiger partial charge is 0.464 e. The van der Waals surface area contributed by atoms with Crippen molar-refractivity contribution in [3.8, 4) is 0 Å². The third-order valence-corrected chi connectivity index (χ3v) is 6.53. The zero-order valence-electron chi connectivity index (χ0n) is 19.7. The fraction of sp³-hybridized carbons (Fsp3) is 0.292. The summed E-state index contributed by atoms with van der Waals surface area (Å²) in [7, 11) is 1.58. The molecule has 1 aliphatic carbocycles. The molecule has 0 bridgehead atoms. The smallest absolute Gasteiger partial charge is 0.293 e. The second-order valence-electron chi connectivity index (χ2n) is 8.86. The molecule has 5 N–H and O–H groups in total. The van der Waals surface area contributed by atoms with Gasteiger partial charge in [0.1, 0.15) is 17.0 Å². The number of rotatable bonds is 7. The molecule has 0 unspecified atom stereocenters. The minimum Gasteiger partial charge on any atom is -0.464 e. The number of hydrogen-bond donors (Lipinski definition) is 4. The molecule has 1 aromatic carbocycles. The van der Waals surface area contributed by atoms with Crippen LogP contribution in [0.5, 0.6) is 0 Å². The van der Waals surface area contributed by atoms with Gasteiger partial charge in [0.2, 0.25) is 0 Å². The zero-order chi connectivity index (χ0) is 26.4. The number of Topliss-reactive ketones (excluding diaryl/α,β-unsaturated/α-hetero) is 1. The van der Waals surface area contributed by atoms with E-state index in [4.69, 9.17) is 15.7 Å². The summed E-state index contributed by atoms with van der Waals surface area (Å²) >= 11 is 0. The molecule has 0 atom stereocenters. The van der Waals surface area contributed by atoms with E-state index < -0.39 is 41.9 Å². The van der Waals surface area contributed by atoms with Gasteiger partial charge in [0.05, 0.1) is 17.4 Å². The summed E-state index contributed by atoms with van der Waals surface area (Å²) in [5, 5.41) is 9.02. The molecule has 3 aromatic rings. The number of ketones is 1. The maximum atomic E-state index is 13.7. The third kappa shape index (κ3) is 4.04. The number of anilines is 1. The summed E-state index contributed by atoms with van der Waals surface area (Å²) < 4.78 is 34.2. The Hall–Kier alpha value is -4.35. The lowest BCUT2D eigenvalue weighted by molar-refractivity contribution is -0.137. The van der Waals surface area contributed by atoms with Gasteiger partial charge in [-0.3, -0.25) is 14.4 Å². The summed E-state index contributed by atoms with van der Waals surface area (Å²) in [6.45, 7) is 3.10. The first-order valence-corrected chi connectivity index (χ1v) is 10.9. The Morgan fingerprint density at radius 2 is 1.92 bits per heavy atom. The van der Waals surface area contributed by atoms with Crippen molar-refractivity contribution >= 4 is 34.3 Å². The van der Waals surface area contributed by atoms with E-state index in [1.54, 1.807) is 38.2 Å². The first-order chi connectivity index (χ1) is 16.9. The molecule has 1 fully saturated rings. The van der Waals surface area contributed by atoms with Crippen LogP contribution in [0.25, 0.3) is 11.0 Å². The molecule has 2 amide bonds. The Labute approximate surface area is 204 Å². The van der Waals surface area contributed by atoms with Gasteiger partial charge in [0.15, 0.2) is 0 Å². The molecule has 36 heavy (non-hydrogen) atoms. The average molecular weight is 498 g/mol. The van der Waals surface area contributed by atoms with Crippen molar-refractivity contribution in [3.63, 3.8) is 0 Å². The highest BCUT2D eigenvalue weighted by Crippen LogP contribution is 2.49. The predicted octanol–water partition coefficient (Wildman–Crippen LogP) is 3.94. The normalized spacial score (nSPS) is 16.3. The molecule has 10 nitrogen and oxygen atoms in total. The number of amides is 2. The monoisotopic (exact) mass is 498 g/mol. The molecular formula is C24H24F2N6O4. The summed E-state index contributed by atoms with van der Waals surface area (Å²) in [5.41, 5.74) is 12.5. The lowest BCUT2D eigenvalue weighted by Gasteiger charge is -2.47. The molecule has 188 valence electrons. The van der Waals surface area contributed by atoms with Crippen molar-refractivity contribution < 1.29 is 27.6 Å². The van der Waals surface area contributed by atoms with Crippen LogP contribution in [0.2, 0.25) is 0 Å². The number of carbonyl (C=O) groups excluding carboxylic acids is 3. The van der Waals surface area contributed by atoms with Crippen LogP contribution >= 0.6 is 0 Å². The number of aromatic nitrogens is 1. The Balaban J connectivity index is 1.60. The van der Waals surface area contributed by atoms with Gasteiger partial charge in [-0.05, 0) is 43.7 Å². The Morgan fingerprint density at radius 3 is 2.53 bits per heavy atom. The minimum atomic E-state index is -3.10. The lowest BCUT2D eigenvalue weighted by Crippen LogP contribution is -2.64. The van der Waals surface area contributed by atoms with E-state index in [0.717, 1.165) is 11.6 Å². The van der Waals surface area contributed by atoms with Crippen LogP contribution in [0.3, 0.4) is 0 Å². The van der Waals surface area contributed by atoms with E-state index in [2.05, 4.69) is 15.7 Å². The fourth-order valence-electron chi connectivity index (χ4n) is 4.72. The van der Waals surface area contributed by atoms with Crippen molar-refractivity contribution in [1.29, 1.82) is 5.53 Å². The van der Waals surface area contributed by atoms with Crippen molar-refractivity contribution in [2.45, 2.75) is 38.2 Å². The van der Waals surface area contributed by atoms with Gasteiger partial charge in [-0.2, -0.15) is 5.11 Å². The van der Waals surface area contributed by atoms with Gasteiger partial charge < -0.3 is 25.4 Å². The van der Waals surface area contributed by atoms with E-state index in [-0.39, 0.29) is 22.5 Å². The third-order valence-electron chi connectivity index (χ3n) is 6.53. The summed E-state index contributed by atoms with van der Waals surface area (Å²) in [6, 6.07) is 6.86. The minimum absolute atomic E-state index is 0.0206. The highest BCUT2D eigenvalue weighted by molar-refractivity contribution is 6.44. The Morgan fingerprint density at radius 1 is 1.22 bits per heavy atom. The zero-order valence-corrected chi connectivity index (χ0v) is 19.7. The number of carbonyl (C=O) groups is 3. The van der Waals surface area contributed by atoms with E-state index in [1.165, 1.54) is 17.8 Å². The van der Waals surface area contributed by atoms with E-state index in [9.17, 15) is 23.2 Å². The van der Waals surface area contributed by atoms with Crippen molar-refractivity contribution in [3.05, 3.63) is 64.9 Å². The number of nitrogens with zero attached hydrogens (tertiary/aromatic N) is 2. The maximum Gasteiger partial charge on any atom is 0.293 e. The molecule has 0 radical (unpaired) electrons. The molecule has 0 saturated heterocycles. The molecule has 0 spiro atoms. The quantitative estimate of drug-likeness (QED) is 0.221. The Bertz CT molecular complexity index is 1440. The number of fused-ring (bicyclic) bond motifs is 1. The molecule has 1 saturated carbocycles. The number of nitrogens with two attached hydrogens (primary N) is 1.